The van der Waals surface area contributed by atoms with Crippen molar-refractivity contribution in [1.29, 1.82) is 0 Å². The van der Waals surface area contributed by atoms with Crippen molar-refractivity contribution in [1.82, 2.24) is 10.3 Å². The molecule has 2 aromatic rings. The van der Waals surface area contributed by atoms with E-state index in [1.165, 1.54) is 16.9 Å². The van der Waals surface area contributed by atoms with Gasteiger partial charge in [-0.25, -0.2) is 4.98 Å². The maximum absolute atomic E-state index is 12.6. The average molecular weight is 344 g/mol. The number of hydrogen-bond acceptors (Lipinski definition) is 4. The van der Waals surface area contributed by atoms with Gasteiger partial charge in [0.2, 0.25) is 0 Å². The fourth-order valence-electron chi connectivity index (χ4n) is 3.08. The first-order valence-electron chi connectivity index (χ1n) is 8.62. The van der Waals surface area contributed by atoms with Crippen LogP contribution in [0.3, 0.4) is 0 Å². The van der Waals surface area contributed by atoms with Crippen LogP contribution in [-0.4, -0.2) is 28.1 Å². The van der Waals surface area contributed by atoms with Gasteiger partial charge in [0.1, 0.15) is 9.88 Å². The summed E-state index contributed by atoms with van der Waals surface area (Å²) < 4.78 is 0. The van der Waals surface area contributed by atoms with Gasteiger partial charge < -0.3 is 10.4 Å². The van der Waals surface area contributed by atoms with Crippen LogP contribution >= 0.6 is 11.3 Å². The van der Waals surface area contributed by atoms with Crippen molar-refractivity contribution in [3.8, 4) is 10.6 Å². The molecule has 1 fully saturated rings. The Bertz CT molecular complexity index is 701. The number of aryl methyl sites for hydroxylation is 2. The molecule has 1 aliphatic rings. The highest BCUT2D eigenvalue weighted by atomic mass is 32.1. The molecule has 0 unspecified atom stereocenters. The standard InChI is InChI=1S/C19H24N2O2S/c1-3-13-4-6-14(7-5-13)19-20-12(2)17(24-19)18(23)21-15-8-10-16(22)11-9-15/h4-7,15-16,22H,3,8-11H2,1-2H3,(H,21,23). The van der Waals surface area contributed by atoms with Crippen LogP contribution in [0, 0.1) is 6.92 Å². The molecule has 1 aromatic carbocycles. The molecule has 0 bridgehead atoms. The van der Waals surface area contributed by atoms with Crippen LogP contribution in [0.4, 0.5) is 0 Å². The first-order valence-corrected chi connectivity index (χ1v) is 9.44. The number of aromatic nitrogens is 1. The second kappa shape index (κ2) is 7.45. The lowest BCUT2D eigenvalue weighted by Crippen LogP contribution is -2.38. The number of benzene rings is 1. The fraction of sp³-hybridized carbons (Fsp3) is 0.474. The highest BCUT2D eigenvalue weighted by Crippen LogP contribution is 2.29. The Kier molecular flexibility index (Phi) is 5.31. The van der Waals surface area contributed by atoms with Crippen LogP contribution in [0.2, 0.25) is 0 Å². The molecule has 4 nitrogen and oxygen atoms in total. The van der Waals surface area contributed by atoms with E-state index in [4.69, 9.17) is 0 Å². The average Bonchev–Trinajstić information content (AvgIpc) is 2.99. The molecule has 1 aliphatic carbocycles. The van der Waals surface area contributed by atoms with Gasteiger partial charge in [0.25, 0.3) is 5.91 Å². The summed E-state index contributed by atoms with van der Waals surface area (Å²) in [6, 6.07) is 8.52. The molecule has 3 rings (SSSR count). The maximum atomic E-state index is 12.6. The Hall–Kier alpha value is -1.72. The van der Waals surface area contributed by atoms with Gasteiger partial charge in [-0.2, -0.15) is 0 Å². The van der Waals surface area contributed by atoms with Gasteiger partial charge in [0.05, 0.1) is 11.8 Å². The van der Waals surface area contributed by atoms with Crippen LogP contribution in [0.15, 0.2) is 24.3 Å². The van der Waals surface area contributed by atoms with E-state index < -0.39 is 0 Å². The molecular weight excluding hydrogens is 320 g/mol. The van der Waals surface area contributed by atoms with Crippen molar-refractivity contribution in [3.05, 3.63) is 40.4 Å². The number of aliphatic hydroxyl groups excluding tert-OH is 1. The van der Waals surface area contributed by atoms with E-state index in [0.29, 0.717) is 4.88 Å². The van der Waals surface area contributed by atoms with Crippen molar-refractivity contribution < 1.29 is 9.90 Å². The Morgan fingerprint density at radius 1 is 1.25 bits per heavy atom. The molecule has 0 saturated heterocycles. The van der Waals surface area contributed by atoms with Crippen molar-refractivity contribution in [2.45, 2.75) is 58.1 Å². The van der Waals surface area contributed by atoms with E-state index >= 15 is 0 Å². The summed E-state index contributed by atoms with van der Waals surface area (Å²) in [4.78, 5) is 17.8. The first kappa shape index (κ1) is 17.1. The van der Waals surface area contributed by atoms with E-state index in [1.807, 2.05) is 6.92 Å². The van der Waals surface area contributed by atoms with Gasteiger partial charge in [-0.3, -0.25) is 4.79 Å². The number of carbonyl (C=O) groups excluding carboxylic acids is 1. The van der Waals surface area contributed by atoms with Crippen molar-refractivity contribution in [2.24, 2.45) is 0 Å². The maximum Gasteiger partial charge on any atom is 0.263 e. The fourth-order valence-corrected chi connectivity index (χ4v) is 4.06. The summed E-state index contributed by atoms with van der Waals surface area (Å²) >= 11 is 1.45. The van der Waals surface area contributed by atoms with Crippen molar-refractivity contribution in [2.75, 3.05) is 0 Å². The van der Waals surface area contributed by atoms with E-state index in [2.05, 4.69) is 41.5 Å². The van der Waals surface area contributed by atoms with Crippen molar-refractivity contribution >= 4 is 17.2 Å². The second-order valence-electron chi connectivity index (χ2n) is 6.46. The molecule has 1 amide bonds. The monoisotopic (exact) mass is 344 g/mol. The van der Waals surface area contributed by atoms with Gasteiger partial charge in [-0.1, -0.05) is 31.2 Å². The number of nitrogens with one attached hydrogen (secondary N) is 1. The number of hydrogen-bond donors (Lipinski definition) is 2. The molecule has 1 saturated carbocycles. The minimum atomic E-state index is -0.207. The molecule has 1 aromatic heterocycles. The SMILES string of the molecule is CCc1ccc(-c2nc(C)c(C(=O)NC3CCC(O)CC3)s2)cc1. The lowest BCUT2D eigenvalue weighted by atomic mass is 9.93. The molecule has 2 N–H and O–H groups in total. The number of rotatable bonds is 4. The Balaban J connectivity index is 1.72. The lowest BCUT2D eigenvalue weighted by molar-refractivity contribution is 0.0870. The topological polar surface area (TPSA) is 62.2 Å². The van der Waals surface area contributed by atoms with Crippen LogP contribution in [0.1, 0.15) is 53.5 Å². The third kappa shape index (κ3) is 3.84. The second-order valence-corrected chi connectivity index (χ2v) is 7.46. The van der Waals surface area contributed by atoms with Gasteiger partial charge in [-0.15, -0.1) is 11.3 Å². The van der Waals surface area contributed by atoms with Gasteiger partial charge >= 0.3 is 0 Å². The highest BCUT2D eigenvalue weighted by Gasteiger charge is 2.23. The van der Waals surface area contributed by atoms with Crippen LogP contribution in [0.5, 0.6) is 0 Å². The Labute approximate surface area is 146 Å². The Morgan fingerprint density at radius 3 is 2.54 bits per heavy atom. The smallest absolute Gasteiger partial charge is 0.263 e. The first-order chi connectivity index (χ1) is 11.6. The number of carbonyl (C=O) groups is 1. The van der Waals surface area contributed by atoms with E-state index in [9.17, 15) is 9.90 Å². The van der Waals surface area contributed by atoms with E-state index in [1.54, 1.807) is 0 Å². The third-order valence-corrected chi connectivity index (χ3v) is 5.85. The zero-order valence-corrected chi connectivity index (χ0v) is 15.0. The summed E-state index contributed by atoms with van der Waals surface area (Å²) in [6.45, 7) is 4.02. The minimum Gasteiger partial charge on any atom is -0.393 e. The van der Waals surface area contributed by atoms with Crippen LogP contribution in [0.25, 0.3) is 10.6 Å². The minimum absolute atomic E-state index is 0.0391. The molecule has 0 atom stereocenters. The molecule has 0 aliphatic heterocycles. The lowest BCUT2D eigenvalue weighted by Gasteiger charge is -2.25. The number of amides is 1. The zero-order valence-electron chi connectivity index (χ0n) is 14.2. The largest absolute Gasteiger partial charge is 0.393 e. The molecule has 24 heavy (non-hydrogen) atoms. The number of aliphatic hydroxyl groups is 1. The Morgan fingerprint density at radius 2 is 1.92 bits per heavy atom. The molecule has 5 heteroatoms. The van der Waals surface area contributed by atoms with Gasteiger partial charge in [0.15, 0.2) is 0 Å². The molecule has 0 radical (unpaired) electrons. The predicted molar refractivity (Wildman–Crippen MR) is 97.4 cm³/mol. The van der Waals surface area contributed by atoms with Crippen LogP contribution < -0.4 is 5.32 Å². The summed E-state index contributed by atoms with van der Waals surface area (Å²) in [5.74, 6) is -0.0391. The quantitative estimate of drug-likeness (QED) is 0.889. The molecule has 0 spiro atoms. The third-order valence-electron chi connectivity index (χ3n) is 4.64. The normalized spacial score (nSPS) is 20.8. The van der Waals surface area contributed by atoms with Crippen LogP contribution in [-0.2, 0) is 6.42 Å². The molecule has 128 valence electrons. The van der Waals surface area contributed by atoms with E-state index in [-0.39, 0.29) is 18.1 Å². The summed E-state index contributed by atoms with van der Waals surface area (Å²) in [5.41, 5.74) is 3.13. The molecule has 1 heterocycles. The van der Waals surface area contributed by atoms with Gasteiger partial charge in [0, 0.05) is 11.6 Å². The number of nitrogens with zero attached hydrogens (tertiary/aromatic N) is 1. The zero-order chi connectivity index (χ0) is 17.1. The number of thiazole rings is 1. The van der Waals surface area contributed by atoms with Gasteiger partial charge in [-0.05, 0) is 44.6 Å². The highest BCUT2D eigenvalue weighted by molar-refractivity contribution is 7.17. The van der Waals surface area contributed by atoms with E-state index in [0.717, 1.165) is 48.4 Å². The molecular formula is C19H24N2O2S. The summed E-state index contributed by atoms with van der Waals surface area (Å²) in [7, 11) is 0. The summed E-state index contributed by atoms with van der Waals surface area (Å²) in [6.07, 6.45) is 4.03. The predicted octanol–water partition coefficient (Wildman–Crippen LogP) is 3.71. The summed E-state index contributed by atoms with van der Waals surface area (Å²) in [5, 5.41) is 13.6. The van der Waals surface area contributed by atoms with Crippen molar-refractivity contribution in [3.63, 3.8) is 0 Å².